The largest absolute Gasteiger partial charge is 0.481 e. The average Bonchev–Trinajstić information content (AvgIpc) is 2.81. The molecule has 0 aliphatic rings. The highest BCUT2D eigenvalue weighted by molar-refractivity contribution is 5.69. The maximum absolute atomic E-state index is 12.3. The van der Waals surface area contributed by atoms with Gasteiger partial charge in [-0.3, -0.25) is 9.59 Å². The van der Waals surface area contributed by atoms with Crippen molar-refractivity contribution in [2.45, 2.75) is 129 Å². The van der Waals surface area contributed by atoms with Crippen molar-refractivity contribution in [3.63, 3.8) is 0 Å². The second-order valence-electron chi connectivity index (χ2n) is 8.85. The third-order valence-electron chi connectivity index (χ3n) is 5.55. The first-order valence-corrected chi connectivity index (χ1v) is 13.6. The van der Waals surface area contributed by atoms with Crippen molar-refractivity contribution in [1.29, 1.82) is 0 Å². The minimum atomic E-state index is -0.721. The Morgan fingerprint density at radius 2 is 1.21 bits per heavy atom. The van der Waals surface area contributed by atoms with Crippen molar-refractivity contribution >= 4 is 11.9 Å². The number of esters is 1. The number of carboxylic acids is 1. The molecule has 194 valence electrons. The first kappa shape index (κ1) is 31.9. The van der Waals surface area contributed by atoms with Crippen LogP contribution in [0, 0.1) is 0 Å². The highest BCUT2D eigenvalue weighted by Gasteiger charge is 2.11. The molecular formula is C30H50O4. The average molecular weight is 475 g/mol. The Labute approximate surface area is 209 Å². The molecule has 0 aromatic carbocycles. The van der Waals surface area contributed by atoms with E-state index in [-0.39, 0.29) is 18.5 Å². The van der Waals surface area contributed by atoms with Gasteiger partial charge in [0.05, 0.1) is 0 Å². The number of ether oxygens (including phenoxy) is 1. The van der Waals surface area contributed by atoms with Gasteiger partial charge in [0.15, 0.2) is 0 Å². The lowest BCUT2D eigenvalue weighted by Crippen LogP contribution is -2.16. The number of carbonyl (C=O) groups excluding carboxylic acids is 1. The molecule has 1 N–H and O–H groups in total. The Bertz CT molecular complexity index is 601. The molecule has 0 fully saturated rings. The molecule has 0 aliphatic heterocycles. The maximum atomic E-state index is 12.3. The first-order valence-electron chi connectivity index (χ1n) is 13.6. The lowest BCUT2D eigenvalue weighted by molar-refractivity contribution is -0.147. The minimum Gasteiger partial charge on any atom is -0.481 e. The van der Waals surface area contributed by atoms with Crippen LogP contribution in [0.25, 0.3) is 0 Å². The number of allylic oxidation sites excluding steroid dienone is 7. The van der Waals surface area contributed by atoms with Crippen LogP contribution in [0.1, 0.15) is 123 Å². The summed E-state index contributed by atoms with van der Waals surface area (Å²) in [6.07, 6.45) is 32.8. The van der Waals surface area contributed by atoms with Gasteiger partial charge in [0.2, 0.25) is 0 Å². The molecule has 0 heterocycles. The van der Waals surface area contributed by atoms with Gasteiger partial charge in [-0.05, 0) is 57.4 Å². The molecule has 0 saturated heterocycles. The van der Waals surface area contributed by atoms with Crippen LogP contribution >= 0.6 is 0 Å². The predicted molar refractivity (Wildman–Crippen MR) is 144 cm³/mol. The van der Waals surface area contributed by atoms with Crippen LogP contribution in [0.5, 0.6) is 0 Å². The Kier molecular flexibility index (Phi) is 23.9. The monoisotopic (exact) mass is 474 g/mol. The molecule has 4 nitrogen and oxygen atoms in total. The number of hydrogen-bond acceptors (Lipinski definition) is 3. The molecule has 0 rings (SSSR count). The highest BCUT2D eigenvalue weighted by Crippen LogP contribution is 2.14. The van der Waals surface area contributed by atoms with Gasteiger partial charge in [0.1, 0.15) is 6.10 Å². The van der Waals surface area contributed by atoms with Crippen molar-refractivity contribution in [3.05, 3.63) is 48.6 Å². The van der Waals surface area contributed by atoms with Gasteiger partial charge < -0.3 is 9.84 Å². The fraction of sp³-hybridized carbons (Fsp3) is 0.667. The van der Waals surface area contributed by atoms with Gasteiger partial charge in [0, 0.05) is 12.8 Å². The van der Waals surface area contributed by atoms with Crippen LogP contribution in [0.3, 0.4) is 0 Å². The van der Waals surface area contributed by atoms with Crippen LogP contribution < -0.4 is 0 Å². The van der Waals surface area contributed by atoms with E-state index in [1.807, 2.05) is 6.08 Å². The molecule has 0 aromatic heterocycles. The van der Waals surface area contributed by atoms with Gasteiger partial charge >= 0.3 is 11.9 Å². The van der Waals surface area contributed by atoms with E-state index in [2.05, 4.69) is 56.4 Å². The third kappa shape index (κ3) is 24.5. The summed E-state index contributed by atoms with van der Waals surface area (Å²) in [7, 11) is 0. The molecule has 34 heavy (non-hydrogen) atoms. The van der Waals surface area contributed by atoms with Gasteiger partial charge in [-0.15, -0.1) is 0 Å². The Balaban J connectivity index is 4.34. The molecular weight excluding hydrogens is 424 g/mol. The topological polar surface area (TPSA) is 63.6 Å². The van der Waals surface area contributed by atoms with Crippen LogP contribution in [-0.2, 0) is 14.3 Å². The molecule has 1 unspecified atom stereocenters. The standard InChI is InChI=1S/C30H50O4/c1-3-5-7-9-10-11-12-13-14-17-20-24-28(25-21-18-15-19-22-26-29(31)32)34-30(33)27-23-16-8-6-4-2/h5,7,10-11,13-14,20,24,28H,3-4,6,8-9,12,15-19,21-23,25-27H2,1-2H3,(H,31,32)/b7-5-,11-10-,14-13-,24-20-. The Hall–Kier alpha value is -2.10. The van der Waals surface area contributed by atoms with E-state index in [1.54, 1.807) is 0 Å². The van der Waals surface area contributed by atoms with Crippen molar-refractivity contribution in [2.75, 3.05) is 0 Å². The van der Waals surface area contributed by atoms with E-state index < -0.39 is 5.97 Å². The van der Waals surface area contributed by atoms with Gasteiger partial charge in [-0.1, -0.05) is 101 Å². The lowest BCUT2D eigenvalue weighted by atomic mass is 10.1. The predicted octanol–water partition coefficient (Wildman–Crippen LogP) is 8.88. The summed E-state index contributed by atoms with van der Waals surface area (Å²) in [5.74, 6) is -0.814. The lowest BCUT2D eigenvalue weighted by Gasteiger charge is -2.14. The highest BCUT2D eigenvalue weighted by atomic mass is 16.5. The summed E-state index contributed by atoms with van der Waals surface area (Å²) in [5.41, 5.74) is 0. The summed E-state index contributed by atoms with van der Waals surface area (Å²) < 4.78 is 5.76. The summed E-state index contributed by atoms with van der Waals surface area (Å²) in [5, 5.41) is 8.71. The Morgan fingerprint density at radius 1 is 0.676 bits per heavy atom. The van der Waals surface area contributed by atoms with E-state index in [9.17, 15) is 9.59 Å². The van der Waals surface area contributed by atoms with Crippen LogP contribution in [-0.4, -0.2) is 23.1 Å². The van der Waals surface area contributed by atoms with Crippen molar-refractivity contribution in [3.8, 4) is 0 Å². The van der Waals surface area contributed by atoms with E-state index in [1.165, 1.54) is 19.3 Å². The minimum absolute atomic E-state index is 0.0922. The number of carboxylic acid groups (broad SMARTS) is 1. The van der Waals surface area contributed by atoms with Gasteiger partial charge in [0.25, 0.3) is 0 Å². The van der Waals surface area contributed by atoms with E-state index >= 15 is 0 Å². The molecule has 0 saturated carbocycles. The van der Waals surface area contributed by atoms with Crippen molar-refractivity contribution in [1.82, 2.24) is 0 Å². The molecule has 4 heteroatoms. The second kappa shape index (κ2) is 25.5. The zero-order chi connectivity index (χ0) is 25.1. The maximum Gasteiger partial charge on any atom is 0.306 e. The Morgan fingerprint density at radius 3 is 1.82 bits per heavy atom. The smallest absolute Gasteiger partial charge is 0.306 e. The van der Waals surface area contributed by atoms with Crippen molar-refractivity contribution < 1.29 is 19.4 Å². The quantitative estimate of drug-likeness (QED) is 0.0912. The number of hydrogen-bond donors (Lipinski definition) is 1. The zero-order valence-corrected chi connectivity index (χ0v) is 21.9. The first-order chi connectivity index (χ1) is 16.6. The number of unbranched alkanes of at least 4 members (excludes halogenated alkanes) is 8. The number of rotatable bonds is 23. The van der Waals surface area contributed by atoms with Gasteiger partial charge in [-0.25, -0.2) is 0 Å². The summed E-state index contributed by atoms with van der Waals surface area (Å²) in [6, 6.07) is 0. The normalized spacial score (nSPS) is 13.0. The second-order valence-corrected chi connectivity index (χ2v) is 8.85. The zero-order valence-electron chi connectivity index (χ0n) is 21.9. The fourth-order valence-electron chi connectivity index (χ4n) is 3.56. The SMILES string of the molecule is CC/C=C\C/C=C\C/C=C\C/C=C\C(CCCCCCCC(=O)O)OC(=O)CCCCCCC. The third-order valence-corrected chi connectivity index (χ3v) is 5.55. The van der Waals surface area contributed by atoms with Crippen LogP contribution in [0.15, 0.2) is 48.6 Å². The van der Waals surface area contributed by atoms with Crippen LogP contribution in [0.4, 0.5) is 0 Å². The summed E-state index contributed by atoms with van der Waals surface area (Å²) in [4.78, 5) is 22.9. The molecule has 1 atom stereocenters. The van der Waals surface area contributed by atoms with E-state index in [0.717, 1.165) is 77.0 Å². The number of aliphatic carboxylic acids is 1. The summed E-state index contributed by atoms with van der Waals surface area (Å²) >= 11 is 0. The van der Waals surface area contributed by atoms with Crippen molar-refractivity contribution in [2.24, 2.45) is 0 Å². The molecule has 0 spiro atoms. The van der Waals surface area contributed by atoms with Crippen LogP contribution in [0.2, 0.25) is 0 Å². The molecule has 0 radical (unpaired) electrons. The molecule has 0 aromatic rings. The summed E-state index contributed by atoms with van der Waals surface area (Å²) in [6.45, 7) is 4.33. The molecule has 0 bridgehead atoms. The van der Waals surface area contributed by atoms with Gasteiger partial charge in [-0.2, -0.15) is 0 Å². The fourth-order valence-corrected chi connectivity index (χ4v) is 3.56. The number of carbonyl (C=O) groups is 2. The van der Waals surface area contributed by atoms with E-state index in [0.29, 0.717) is 6.42 Å². The molecule has 0 amide bonds. The molecule has 0 aliphatic carbocycles. The van der Waals surface area contributed by atoms with E-state index in [4.69, 9.17) is 9.84 Å².